The van der Waals surface area contributed by atoms with Crippen LogP contribution in [0.3, 0.4) is 0 Å². The van der Waals surface area contributed by atoms with Gasteiger partial charge in [-0.2, -0.15) is 0 Å². The highest BCUT2D eigenvalue weighted by molar-refractivity contribution is 5.95. The van der Waals surface area contributed by atoms with E-state index in [1.54, 1.807) is 6.92 Å². The van der Waals surface area contributed by atoms with E-state index in [4.69, 9.17) is 9.15 Å². The number of nitrogens with one attached hydrogen (secondary N) is 1. The number of nitrogens with zero attached hydrogens (tertiary/aromatic N) is 1. The first kappa shape index (κ1) is 19.7. The number of benzene rings is 2. The molecule has 148 valence electrons. The minimum Gasteiger partial charge on any atom is -0.450 e. The van der Waals surface area contributed by atoms with Crippen molar-refractivity contribution in [3.05, 3.63) is 81.9 Å². The fraction of sp³-hybridized carbons (Fsp3) is 0.100. The molecule has 0 bridgehead atoms. The number of nitro benzene ring substituents is 1. The van der Waals surface area contributed by atoms with Gasteiger partial charge in [-0.25, -0.2) is 9.18 Å². The lowest BCUT2D eigenvalue weighted by Crippen LogP contribution is -2.20. The summed E-state index contributed by atoms with van der Waals surface area (Å²) in [5, 5.41) is 13.4. The van der Waals surface area contributed by atoms with Crippen LogP contribution < -0.4 is 5.32 Å². The van der Waals surface area contributed by atoms with Crippen molar-refractivity contribution in [2.75, 3.05) is 11.9 Å². The molecule has 0 atom stereocenters. The number of carbonyl (C=O) groups is 2. The summed E-state index contributed by atoms with van der Waals surface area (Å²) in [5.74, 6) is -1.70. The normalized spacial score (nSPS) is 10.4. The predicted molar refractivity (Wildman–Crippen MR) is 101 cm³/mol. The van der Waals surface area contributed by atoms with Crippen LogP contribution in [-0.2, 0) is 9.53 Å². The molecule has 9 heteroatoms. The monoisotopic (exact) mass is 398 g/mol. The number of nitro groups is 1. The van der Waals surface area contributed by atoms with Gasteiger partial charge >= 0.3 is 5.97 Å². The first-order valence-electron chi connectivity index (χ1n) is 8.41. The fourth-order valence-electron chi connectivity index (χ4n) is 2.50. The quantitative estimate of drug-likeness (QED) is 0.380. The van der Waals surface area contributed by atoms with Crippen molar-refractivity contribution in [2.24, 2.45) is 0 Å². The average Bonchev–Trinajstić information content (AvgIpc) is 3.18. The van der Waals surface area contributed by atoms with E-state index < -0.39 is 29.2 Å². The number of amides is 1. The van der Waals surface area contributed by atoms with Gasteiger partial charge < -0.3 is 14.5 Å². The topological polar surface area (TPSA) is 112 Å². The zero-order valence-electron chi connectivity index (χ0n) is 15.2. The standard InChI is InChI=1S/C20H15FN2O6/c1-12-2-7-15(10-16(12)23(26)27)22-19(24)11-28-20(25)18-9-8-17(29-18)13-3-5-14(21)6-4-13/h2-10H,11H2,1H3,(H,22,24). The van der Waals surface area contributed by atoms with E-state index in [0.29, 0.717) is 16.9 Å². The van der Waals surface area contributed by atoms with E-state index in [9.17, 15) is 24.1 Å². The number of carbonyl (C=O) groups excluding carboxylic acids is 2. The van der Waals surface area contributed by atoms with Gasteiger partial charge in [0.2, 0.25) is 5.76 Å². The van der Waals surface area contributed by atoms with Crippen LogP contribution in [0.2, 0.25) is 0 Å². The number of furan rings is 1. The third-order valence-electron chi connectivity index (χ3n) is 3.96. The largest absolute Gasteiger partial charge is 0.450 e. The predicted octanol–water partition coefficient (Wildman–Crippen LogP) is 4.10. The second kappa shape index (κ2) is 8.34. The molecule has 1 heterocycles. The first-order valence-corrected chi connectivity index (χ1v) is 8.41. The summed E-state index contributed by atoms with van der Waals surface area (Å²) < 4.78 is 23.2. The maximum atomic E-state index is 13.0. The molecule has 0 aliphatic heterocycles. The molecule has 0 saturated carbocycles. The molecular weight excluding hydrogens is 383 g/mol. The average molecular weight is 398 g/mol. The summed E-state index contributed by atoms with van der Waals surface area (Å²) in [6.07, 6.45) is 0. The van der Waals surface area contributed by atoms with E-state index in [-0.39, 0.29) is 17.1 Å². The second-order valence-electron chi connectivity index (χ2n) is 6.05. The summed E-state index contributed by atoms with van der Waals surface area (Å²) in [7, 11) is 0. The molecular formula is C20H15FN2O6. The number of hydrogen-bond donors (Lipinski definition) is 1. The lowest BCUT2D eigenvalue weighted by atomic mass is 10.2. The van der Waals surface area contributed by atoms with E-state index >= 15 is 0 Å². The van der Waals surface area contributed by atoms with Gasteiger partial charge in [0, 0.05) is 22.9 Å². The number of halogens is 1. The summed E-state index contributed by atoms with van der Waals surface area (Å²) in [6.45, 7) is 0.974. The Hall–Kier alpha value is -4.01. The molecule has 0 unspecified atom stereocenters. The van der Waals surface area contributed by atoms with Gasteiger partial charge in [0.25, 0.3) is 11.6 Å². The fourth-order valence-corrected chi connectivity index (χ4v) is 2.50. The molecule has 0 aliphatic rings. The van der Waals surface area contributed by atoms with E-state index in [2.05, 4.69) is 5.32 Å². The van der Waals surface area contributed by atoms with Crippen LogP contribution in [0, 0.1) is 22.9 Å². The number of aryl methyl sites for hydroxylation is 1. The lowest BCUT2D eigenvalue weighted by Gasteiger charge is -2.06. The number of esters is 1. The van der Waals surface area contributed by atoms with Gasteiger partial charge in [0.05, 0.1) is 4.92 Å². The van der Waals surface area contributed by atoms with Gasteiger partial charge in [0.1, 0.15) is 11.6 Å². The van der Waals surface area contributed by atoms with Crippen molar-refractivity contribution in [1.82, 2.24) is 0 Å². The highest BCUT2D eigenvalue weighted by Gasteiger charge is 2.17. The van der Waals surface area contributed by atoms with Crippen molar-refractivity contribution < 1.29 is 28.1 Å². The zero-order valence-corrected chi connectivity index (χ0v) is 15.2. The van der Waals surface area contributed by atoms with E-state index in [0.717, 1.165) is 0 Å². The molecule has 3 rings (SSSR count). The van der Waals surface area contributed by atoms with Crippen molar-refractivity contribution in [1.29, 1.82) is 0 Å². The van der Waals surface area contributed by atoms with Gasteiger partial charge in [-0.05, 0) is 49.4 Å². The summed E-state index contributed by atoms with van der Waals surface area (Å²) >= 11 is 0. The Labute approximate surface area is 164 Å². The molecule has 0 radical (unpaired) electrons. The van der Waals surface area contributed by atoms with Crippen LogP contribution in [0.15, 0.2) is 59.0 Å². The number of hydrogen-bond acceptors (Lipinski definition) is 6. The van der Waals surface area contributed by atoms with Crippen LogP contribution >= 0.6 is 0 Å². The minimum atomic E-state index is -0.858. The molecule has 0 fully saturated rings. The van der Waals surface area contributed by atoms with Gasteiger partial charge in [-0.15, -0.1) is 0 Å². The van der Waals surface area contributed by atoms with Crippen LogP contribution in [0.1, 0.15) is 16.1 Å². The van der Waals surface area contributed by atoms with Crippen LogP contribution in [0.25, 0.3) is 11.3 Å². The Bertz CT molecular complexity index is 1070. The molecule has 29 heavy (non-hydrogen) atoms. The van der Waals surface area contributed by atoms with Gasteiger partial charge in [-0.3, -0.25) is 14.9 Å². The Kier molecular flexibility index (Phi) is 5.68. The first-order chi connectivity index (χ1) is 13.8. The maximum Gasteiger partial charge on any atom is 0.374 e. The van der Waals surface area contributed by atoms with Crippen LogP contribution in [0.5, 0.6) is 0 Å². The van der Waals surface area contributed by atoms with E-state index in [1.165, 1.54) is 54.6 Å². The molecule has 0 spiro atoms. The third-order valence-corrected chi connectivity index (χ3v) is 3.96. The molecule has 2 aromatic carbocycles. The SMILES string of the molecule is Cc1ccc(NC(=O)COC(=O)c2ccc(-c3ccc(F)cc3)o2)cc1[N+](=O)[O-]. The van der Waals surface area contributed by atoms with E-state index in [1.807, 2.05) is 0 Å². The molecule has 0 aliphatic carbocycles. The second-order valence-corrected chi connectivity index (χ2v) is 6.05. The van der Waals surface area contributed by atoms with Crippen molar-refractivity contribution >= 4 is 23.3 Å². The molecule has 1 N–H and O–H groups in total. The molecule has 0 saturated heterocycles. The van der Waals surface area contributed by atoms with Crippen molar-refractivity contribution in [3.8, 4) is 11.3 Å². The summed E-state index contributed by atoms with van der Waals surface area (Å²) in [5.41, 5.74) is 1.10. The smallest absolute Gasteiger partial charge is 0.374 e. The highest BCUT2D eigenvalue weighted by atomic mass is 19.1. The Balaban J connectivity index is 1.58. The molecule has 1 aromatic heterocycles. The highest BCUT2D eigenvalue weighted by Crippen LogP contribution is 2.23. The minimum absolute atomic E-state index is 0.122. The van der Waals surface area contributed by atoms with Crippen LogP contribution in [-0.4, -0.2) is 23.4 Å². The van der Waals surface area contributed by atoms with Gasteiger partial charge in [0.15, 0.2) is 6.61 Å². The summed E-state index contributed by atoms with van der Waals surface area (Å²) in [4.78, 5) is 34.4. The Morgan fingerprint density at radius 2 is 1.86 bits per heavy atom. The Morgan fingerprint density at radius 3 is 2.55 bits per heavy atom. The summed E-state index contributed by atoms with van der Waals surface area (Å²) in [6, 6.07) is 12.6. The maximum absolute atomic E-state index is 13.0. The number of ether oxygens (including phenoxy) is 1. The molecule has 3 aromatic rings. The molecule has 1 amide bonds. The van der Waals surface area contributed by atoms with Gasteiger partial charge in [-0.1, -0.05) is 6.07 Å². The van der Waals surface area contributed by atoms with Crippen molar-refractivity contribution in [3.63, 3.8) is 0 Å². The van der Waals surface area contributed by atoms with Crippen molar-refractivity contribution in [2.45, 2.75) is 6.92 Å². The third kappa shape index (κ3) is 4.83. The van der Waals surface area contributed by atoms with Crippen LogP contribution in [0.4, 0.5) is 15.8 Å². The Morgan fingerprint density at radius 1 is 1.14 bits per heavy atom. The lowest BCUT2D eigenvalue weighted by molar-refractivity contribution is -0.385. The number of anilines is 1. The number of rotatable bonds is 6. The zero-order chi connectivity index (χ0) is 21.0. The molecule has 8 nitrogen and oxygen atoms in total.